The van der Waals surface area contributed by atoms with Crippen molar-refractivity contribution in [2.45, 2.75) is 38.1 Å². The van der Waals surface area contributed by atoms with Crippen LogP contribution in [0.25, 0.3) is 0 Å². The van der Waals surface area contributed by atoms with Crippen LogP contribution in [0.15, 0.2) is 36.7 Å². The van der Waals surface area contributed by atoms with Crippen molar-refractivity contribution in [3.8, 4) is 5.75 Å². The Kier molecular flexibility index (Phi) is 6.38. The van der Waals surface area contributed by atoms with E-state index in [9.17, 15) is 4.79 Å². The SMILES string of the molecule is COc1ccncc1C[C@H]1CCCCN1C(=O)Cc1ccc(Cl)c(Cl)c1. The molecule has 0 bridgehead atoms. The number of nitrogens with zero attached hydrogens (tertiary/aromatic N) is 2. The second-order valence-electron chi connectivity index (χ2n) is 6.55. The Hall–Kier alpha value is -1.78. The molecule has 1 amide bonds. The molecule has 1 fully saturated rings. The topological polar surface area (TPSA) is 42.4 Å². The normalized spacial score (nSPS) is 17.2. The van der Waals surface area contributed by atoms with Gasteiger partial charge in [-0.3, -0.25) is 9.78 Å². The van der Waals surface area contributed by atoms with Crippen LogP contribution in [0.3, 0.4) is 0 Å². The molecule has 1 aliphatic rings. The minimum absolute atomic E-state index is 0.121. The monoisotopic (exact) mass is 392 g/mol. The molecule has 0 saturated carbocycles. The quantitative estimate of drug-likeness (QED) is 0.748. The Bertz CT molecular complexity index is 782. The number of hydrogen-bond acceptors (Lipinski definition) is 3. The van der Waals surface area contributed by atoms with Crippen LogP contribution in [0.1, 0.15) is 30.4 Å². The van der Waals surface area contributed by atoms with E-state index in [2.05, 4.69) is 4.98 Å². The number of carbonyl (C=O) groups is 1. The zero-order valence-corrected chi connectivity index (χ0v) is 16.3. The minimum atomic E-state index is 0.121. The summed E-state index contributed by atoms with van der Waals surface area (Å²) in [5.74, 6) is 0.943. The number of piperidine rings is 1. The summed E-state index contributed by atoms with van der Waals surface area (Å²) in [6.45, 7) is 0.785. The van der Waals surface area contributed by atoms with Crippen molar-refractivity contribution in [3.05, 3.63) is 57.8 Å². The van der Waals surface area contributed by atoms with Gasteiger partial charge in [-0.1, -0.05) is 29.3 Å². The fourth-order valence-electron chi connectivity index (χ4n) is 3.49. The van der Waals surface area contributed by atoms with E-state index in [0.717, 1.165) is 49.1 Å². The predicted octanol–water partition coefficient (Wildman–Crippen LogP) is 4.56. The van der Waals surface area contributed by atoms with Gasteiger partial charge in [0.25, 0.3) is 0 Å². The Morgan fingerprint density at radius 3 is 2.88 bits per heavy atom. The van der Waals surface area contributed by atoms with E-state index in [1.54, 1.807) is 25.4 Å². The molecule has 0 N–H and O–H groups in total. The number of carbonyl (C=O) groups excluding carboxylic acids is 1. The molecule has 0 aliphatic carbocycles. The van der Waals surface area contributed by atoms with Crippen molar-refractivity contribution in [1.82, 2.24) is 9.88 Å². The van der Waals surface area contributed by atoms with Crippen LogP contribution in [0, 0.1) is 0 Å². The van der Waals surface area contributed by atoms with Crippen LogP contribution >= 0.6 is 23.2 Å². The molecule has 138 valence electrons. The molecule has 0 radical (unpaired) electrons. The van der Waals surface area contributed by atoms with Crippen molar-refractivity contribution in [1.29, 1.82) is 0 Å². The number of ether oxygens (including phenoxy) is 1. The fourth-order valence-corrected chi connectivity index (χ4v) is 3.81. The molecular weight excluding hydrogens is 371 g/mol. The van der Waals surface area contributed by atoms with Crippen LogP contribution in [0.2, 0.25) is 10.0 Å². The molecule has 26 heavy (non-hydrogen) atoms. The maximum atomic E-state index is 12.9. The molecule has 1 aromatic carbocycles. The van der Waals surface area contributed by atoms with Crippen LogP contribution < -0.4 is 4.74 Å². The standard InChI is InChI=1S/C20H22Cl2N2O2/c1-26-19-7-8-23-13-15(19)12-16-4-2-3-9-24(16)20(25)11-14-5-6-17(21)18(22)10-14/h5-8,10,13,16H,2-4,9,11-12H2,1H3/t16-/m1/s1. The maximum absolute atomic E-state index is 12.9. The van der Waals surface area contributed by atoms with E-state index < -0.39 is 0 Å². The summed E-state index contributed by atoms with van der Waals surface area (Å²) >= 11 is 12.0. The Balaban J connectivity index is 1.73. The highest BCUT2D eigenvalue weighted by Gasteiger charge is 2.27. The number of benzene rings is 1. The van der Waals surface area contributed by atoms with Gasteiger partial charge < -0.3 is 9.64 Å². The third-order valence-corrected chi connectivity index (χ3v) is 5.56. The molecule has 2 heterocycles. The van der Waals surface area contributed by atoms with Crippen molar-refractivity contribution in [2.24, 2.45) is 0 Å². The second-order valence-corrected chi connectivity index (χ2v) is 7.37. The van der Waals surface area contributed by atoms with Gasteiger partial charge in [0.2, 0.25) is 5.91 Å². The second kappa shape index (κ2) is 8.74. The largest absolute Gasteiger partial charge is 0.496 e. The first-order valence-electron chi connectivity index (χ1n) is 8.78. The van der Waals surface area contributed by atoms with E-state index >= 15 is 0 Å². The van der Waals surface area contributed by atoms with Gasteiger partial charge in [-0.05, 0) is 49.4 Å². The Labute approximate surface area is 164 Å². The third-order valence-electron chi connectivity index (χ3n) is 4.82. The number of pyridine rings is 1. The number of hydrogen-bond donors (Lipinski definition) is 0. The van der Waals surface area contributed by atoms with Gasteiger partial charge in [0, 0.05) is 30.5 Å². The van der Waals surface area contributed by atoms with Gasteiger partial charge in [0.15, 0.2) is 0 Å². The fraction of sp³-hybridized carbons (Fsp3) is 0.400. The summed E-state index contributed by atoms with van der Waals surface area (Å²) in [5.41, 5.74) is 1.92. The van der Waals surface area contributed by atoms with Crippen molar-refractivity contribution in [3.63, 3.8) is 0 Å². The first-order valence-corrected chi connectivity index (χ1v) is 9.54. The smallest absolute Gasteiger partial charge is 0.227 e. The van der Waals surface area contributed by atoms with Gasteiger partial charge in [0.05, 0.1) is 23.6 Å². The molecule has 1 aliphatic heterocycles. The predicted molar refractivity (Wildman–Crippen MR) is 104 cm³/mol. The molecule has 1 aromatic heterocycles. The molecule has 3 rings (SSSR count). The summed E-state index contributed by atoms with van der Waals surface area (Å²) in [4.78, 5) is 19.1. The molecule has 1 saturated heterocycles. The lowest BCUT2D eigenvalue weighted by Crippen LogP contribution is -2.45. The third kappa shape index (κ3) is 4.49. The number of methoxy groups -OCH3 is 1. The van der Waals surface area contributed by atoms with Gasteiger partial charge in [-0.25, -0.2) is 0 Å². The van der Waals surface area contributed by atoms with Gasteiger partial charge in [-0.2, -0.15) is 0 Å². The summed E-state index contributed by atoms with van der Waals surface area (Å²) in [5, 5.41) is 0.981. The molecule has 0 spiro atoms. The molecule has 1 atom stereocenters. The Morgan fingerprint density at radius 1 is 1.27 bits per heavy atom. The zero-order chi connectivity index (χ0) is 18.5. The van der Waals surface area contributed by atoms with E-state index in [-0.39, 0.29) is 11.9 Å². The highest BCUT2D eigenvalue weighted by Crippen LogP contribution is 2.27. The van der Waals surface area contributed by atoms with Crippen molar-refractivity contribution < 1.29 is 9.53 Å². The van der Waals surface area contributed by atoms with Gasteiger partial charge in [-0.15, -0.1) is 0 Å². The zero-order valence-electron chi connectivity index (χ0n) is 14.8. The van der Waals surface area contributed by atoms with Gasteiger partial charge in [0.1, 0.15) is 5.75 Å². The van der Waals surface area contributed by atoms with Crippen LogP contribution in [0.4, 0.5) is 0 Å². The van der Waals surface area contributed by atoms with Crippen LogP contribution in [0.5, 0.6) is 5.75 Å². The minimum Gasteiger partial charge on any atom is -0.496 e. The summed E-state index contributed by atoms with van der Waals surface area (Å²) in [7, 11) is 1.66. The van der Waals surface area contributed by atoms with Crippen LogP contribution in [-0.2, 0) is 17.6 Å². The summed E-state index contributed by atoms with van der Waals surface area (Å²) in [6.07, 6.45) is 7.79. The highest BCUT2D eigenvalue weighted by atomic mass is 35.5. The van der Waals surface area contributed by atoms with Crippen molar-refractivity contribution in [2.75, 3.05) is 13.7 Å². The van der Waals surface area contributed by atoms with E-state index in [0.29, 0.717) is 16.5 Å². The molecular formula is C20H22Cl2N2O2. The summed E-state index contributed by atoms with van der Waals surface area (Å²) in [6, 6.07) is 7.39. The first-order chi connectivity index (χ1) is 12.6. The lowest BCUT2D eigenvalue weighted by molar-refractivity contribution is -0.134. The number of likely N-dealkylation sites (tertiary alicyclic amines) is 1. The summed E-state index contributed by atoms with van der Waals surface area (Å²) < 4.78 is 5.43. The van der Waals surface area contributed by atoms with Crippen molar-refractivity contribution >= 4 is 29.1 Å². The van der Waals surface area contributed by atoms with Gasteiger partial charge >= 0.3 is 0 Å². The molecule has 2 aromatic rings. The van der Waals surface area contributed by atoms with Crippen LogP contribution in [-0.4, -0.2) is 35.5 Å². The molecule has 6 heteroatoms. The average molecular weight is 393 g/mol. The number of halogens is 2. The highest BCUT2D eigenvalue weighted by molar-refractivity contribution is 6.42. The lowest BCUT2D eigenvalue weighted by atomic mass is 9.95. The first kappa shape index (κ1) is 19.0. The number of rotatable bonds is 5. The molecule has 4 nitrogen and oxygen atoms in total. The maximum Gasteiger partial charge on any atom is 0.227 e. The molecule has 0 unspecified atom stereocenters. The van der Waals surface area contributed by atoms with E-state index in [1.165, 1.54) is 0 Å². The Morgan fingerprint density at radius 2 is 2.12 bits per heavy atom. The van der Waals surface area contributed by atoms with E-state index in [4.69, 9.17) is 27.9 Å². The average Bonchev–Trinajstić information content (AvgIpc) is 2.65. The lowest BCUT2D eigenvalue weighted by Gasteiger charge is -2.36. The number of amides is 1. The number of aromatic nitrogens is 1. The van der Waals surface area contributed by atoms with E-state index in [1.807, 2.05) is 23.2 Å².